The van der Waals surface area contributed by atoms with Crippen LogP contribution in [0.25, 0.3) is 10.8 Å². The number of carbonyl (C=O) groups is 2. The highest BCUT2D eigenvalue weighted by Crippen LogP contribution is 2.29. The van der Waals surface area contributed by atoms with Gasteiger partial charge in [-0.3, -0.25) is 9.59 Å². The van der Waals surface area contributed by atoms with Gasteiger partial charge in [0.25, 0.3) is 5.91 Å². The van der Waals surface area contributed by atoms with E-state index in [1.165, 1.54) is 6.07 Å². The molecular weight excluding hydrogens is 407 g/mol. The van der Waals surface area contributed by atoms with Gasteiger partial charge < -0.3 is 10.6 Å². The van der Waals surface area contributed by atoms with E-state index >= 15 is 0 Å². The summed E-state index contributed by atoms with van der Waals surface area (Å²) in [5, 5.41) is 15.6. The second-order valence-corrected chi connectivity index (χ2v) is 6.82. The molecule has 0 aliphatic heterocycles. The van der Waals surface area contributed by atoms with E-state index in [-0.39, 0.29) is 18.7 Å². The number of hydrogen-bond acceptors (Lipinski definition) is 3. The maximum Gasteiger partial charge on any atom is 0.416 e. The Bertz CT molecular complexity index is 1150. The van der Waals surface area contributed by atoms with Gasteiger partial charge in [0.05, 0.1) is 17.6 Å². The van der Waals surface area contributed by atoms with E-state index in [9.17, 15) is 22.8 Å². The van der Waals surface area contributed by atoms with Gasteiger partial charge in [0.1, 0.15) is 6.54 Å². The molecule has 0 saturated carbocycles. The number of halogens is 3. The molecule has 1 atom stereocenters. The van der Waals surface area contributed by atoms with Crippen molar-refractivity contribution in [1.82, 2.24) is 10.6 Å². The highest BCUT2D eigenvalue weighted by Gasteiger charge is 2.31. The first kappa shape index (κ1) is 21.8. The molecule has 0 aliphatic rings. The molecule has 0 aromatic heterocycles. The fourth-order valence-electron chi connectivity index (χ4n) is 3.17. The number of carbonyl (C=O) groups excluding carboxylic acids is 2. The molecule has 2 amide bonds. The molecule has 0 aliphatic carbocycles. The van der Waals surface area contributed by atoms with Crippen LogP contribution in [0.5, 0.6) is 0 Å². The second-order valence-electron chi connectivity index (χ2n) is 6.82. The fraction of sp³-hybridized carbons (Fsp3) is 0.174. The van der Waals surface area contributed by atoms with E-state index in [4.69, 9.17) is 5.26 Å². The Morgan fingerprint density at radius 1 is 0.935 bits per heavy atom. The van der Waals surface area contributed by atoms with Crippen LogP contribution in [0, 0.1) is 11.3 Å². The third kappa shape index (κ3) is 5.39. The summed E-state index contributed by atoms with van der Waals surface area (Å²) < 4.78 is 38.7. The molecule has 0 bridgehead atoms. The fourth-order valence-corrected chi connectivity index (χ4v) is 3.17. The van der Waals surface area contributed by atoms with E-state index in [0.29, 0.717) is 5.56 Å². The summed E-state index contributed by atoms with van der Waals surface area (Å²) in [6.45, 7) is -0.352. The number of hydrogen-bond donors (Lipinski definition) is 2. The second kappa shape index (κ2) is 9.30. The summed E-state index contributed by atoms with van der Waals surface area (Å²) >= 11 is 0. The van der Waals surface area contributed by atoms with Gasteiger partial charge in [0.15, 0.2) is 0 Å². The number of rotatable bonds is 6. The predicted octanol–water partition coefficient (Wildman–Crippen LogP) is 4.01. The smallest absolute Gasteiger partial charge is 0.351 e. The minimum atomic E-state index is -4.57. The molecule has 3 aromatic rings. The van der Waals surface area contributed by atoms with Crippen LogP contribution in [-0.4, -0.2) is 24.9 Å². The van der Waals surface area contributed by atoms with Crippen molar-refractivity contribution < 1.29 is 22.8 Å². The maximum atomic E-state index is 12.9. The number of nitrogens with one attached hydrogen (secondary N) is 2. The molecule has 2 N–H and O–H groups in total. The topological polar surface area (TPSA) is 82.0 Å². The standard InChI is InChI=1S/C23H18F3N3O2/c24-23(25,26)19-7-3-6-18(13-19)21(30)29-14-20(22(31)28-11-10-27)17-9-8-15-4-1-2-5-16(15)12-17/h1-9,12-13,20H,11,14H2,(H,28,31)(H,29,30). The summed E-state index contributed by atoms with van der Waals surface area (Å²) in [5.41, 5.74) is -0.485. The van der Waals surface area contributed by atoms with Gasteiger partial charge >= 0.3 is 6.18 Å². The Morgan fingerprint density at radius 3 is 2.39 bits per heavy atom. The molecule has 5 nitrogen and oxygen atoms in total. The highest BCUT2D eigenvalue weighted by atomic mass is 19.4. The Labute approximate surface area is 176 Å². The summed E-state index contributed by atoms with van der Waals surface area (Å²) in [6.07, 6.45) is -4.57. The van der Waals surface area contributed by atoms with Crippen LogP contribution in [0.3, 0.4) is 0 Å². The first-order valence-corrected chi connectivity index (χ1v) is 9.38. The van der Waals surface area contributed by atoms with Gasteiger partial charge in [0.2, 0.25) is 5.91 Å². The van der Waals surface area contributed by atoms with Crippen LogP contribution in [0.15, 0.2) is 66.7 Å². The van der Waals surface area contributed by atoms with Crippen molar-refractivity contribution in [3.63, 3.8) is 0 Å². The van der Waals surface area contributed by atoms with Gasteiger partial charge in [0, 0.05) is 12.1 Å². The molecule has 1 unspecified atom stereocenters. The van der Waals surface area contributed by atoms with E-state index < -0.39 is 29.5 Å². The van der Waals surface area contributed by atoms with Crippen molar-refractivity contribution in [2.45, 2.75) is 12.1 Å². The summed E-state index contributed by atoms with van der Waals surface area (Å²) in [7, 11) is 0. The quantitative estimate of drug-likeness (QED) is 0.586. The van der Waals surface area contributed by atoms with E-state index in [1.54, 1.807) is 6.07 Å². The van der Waals surface area contributed by atoms with Crippen LogP contribution in [0.4, 0.5) is 13.2 Å². The highest BCUT2D eigenvalue weighted by molar-refractivity contribution is 5.95. The monoisotopic (exact) mass is 425 g/mol. The molecule has 8 heteroatoms. The zero-order valence-electron chi connectivity index (χ0n) is 16.2. The zero-order chi connectivity index (χ0) is 22.4. The Hall–Kier alpha value is -3.86. The van der Waals surface area contributed by atoms with Gasteiger partial charge in [-0.15, -0.1) is 0 Å². The van der Waals surface area contributed by atoms with E-state index in [1.807, 2.05) is 42.5 Å². The largest absolute Gasteiger partial charge is 0.416 e. The lowest BCUT2D eigenvalue weighted by molar-refractivity contribution is -0.137. The molecule has 158 valence electrons. The van der Waals surface area contributed by atoms with Crippen LogP contribution >= 0.6 is 0 Å². The third-order valence-corrected chi connectivity index (χ3v) is 4.75. The van der Waals surface area contributed by atoms with Crippen molar-refractivity contribution in [3.05, 3.63) is 83.4 Å². The number of benzene rings is 3. The van der Waals surface area contributed by atoms with E-state index in [2.05, 4.69) is 10.6 Å². The van der Waals surface area contributed by atoms with Gasteiger partial charge in [-0.2, -0.15) is 18.4 Å². The number of nitrogens with zero attached hydrogens (tertiary/aromatic N) is 1. The Morgan fingerprint density at radius 2 is 1.68 bits per heavy atom. The lowest BCUT2D eigenvalue weighted by Crippen LogP contribution is -2.37. The average Bonchev–Trinajstić information content (AvgIpc) is 2.77. The molecule has 0 fully saturated rings. The minimum Gasteiger partial charge on any atom is -0.351 e. The van der Waals surface area contributed by atoms with Crippen molar-refractivity contribution in [3.8, 4) is 6.07 Å². The summed E-state index contributed by atoms with van der Waals surface area (Å²) in [4.78, 5) is 25.1. The Balaban J connectivity index is 1.82. The molecule has 0 spiro atoms. The molecule has 31 heavy (non-hydrogen) atoms. The number of amides is 2. The number of fused-ring (bicyclic) bond motifs is 1. The average molecular weight is 425 g/mol. The SMILES string of the molecule is N#CCNC(=O)C(CNC(=O)c1cccc(C(F)(F)F)c1)c1ccc2ccccc2c1. The summed E-state index contributed by atoms with van der Waals surface area (Å²) in [5.74, 6) is -2.03. The third-order valence-electron chi connectivity index (χ3n) is 4.75. The number of alkyl halides is 3. The molecule has 0 saturated heterocycles. The van der Waals surface area contributed by atoms with E-state index in [0.717, 1.165) is 29.0 Å². The van der Waals surface area contributed by atoms with Crippen molar-refractivity contribution in [2.75, 3.05) is 13.1 Å². The van der Waals surface area contributed by atoms with Crippen molar-refractivity contribution in [2.24, 2.45) is 0 Å². The zero-order valence-corrected chi connectivity index (χ0v) is 16.2. The summed E-state index contributed by atoms with van der Waals surface area (Å²) in [6, 6.07) is 18.8. The molecular formula is C23H18F3N3O2. The molecule has 3 aromatic carbocycles. The van der Waals surface area contributed by atoms with Gasteiger partial charge in [-0.1, -0.05) is 48.5 Å². The van der Waals surface area contributed by atoms with Crippen LogP contribution in [-0.2, 0) is 11.0 Å². The van der Waals surface area contributed by atoms with Crippen molar-refractivity contribution >= 4 is 22.6 Å². The molecule has 0 heterocycles. The first-order valence-electron chi connectivity index (χ1n) is 9.38. The van der Waals surface area contributed by atoms with Gasteiger partial charge in [-0.25, -0.2) is 0 Å². The lowest BCUT2D eigenvalue weighted by atomic mass is 9.95. The lowest BCUT2D eigenvalue weighted by Gasteiger charge is -2.18. The van der Waals surface area contributed by atoms with Crippen molar-refractivity contribution in [1.29, 1.82) is 5.26 Å². The normalized spacial score (nSPS) is 12.1. The molecule has 0 radical (unpaired) electrons. The van der Waals surface area contributed by atoms with Crippen LogP contribution in [0.1, 0.15) is 27.4 Å². The molecule has 3 rings (SSSR count). The first-order chi connectivity index (χ1) is 14.8. The van der Waals surface area contributed by atoms with Crippen LogP contribution in [0.2, 0.25) is 0 Å². The Kier molecular flexibility index (Phi) is 6.55. The van der Waals surface area contributed by atoms with Gasteiger partial charge in [-0.05, 0) is 34.5 Å². The predicted molar refractivity (Wildman–Crippen MR) is 109 cm³/mol. The maximum absolute atomic E-state index is 12.9. The number of nitriles is 1. The van der Waals surface area contributed by atoms with Crippen LogP contribution < -0.4 is 10.6 Å². The minimum absolute atomic E-state index is 0.148.